The predicted octanol–water partition coefficient (Wildman–Crippen LogP) is 4.90. The Hall–Kier alpha value is -1.82. The van der Waals surface area contributed by atoms with Crippen LogP contribution in [0.2, 0.25) is 0 Å². The van der Waals surface area contributed by atoms with Gasteiger partial charge in [0.15, 0.2) is 0 Å². The van der Waals surface area contributed by atoms with Crippen molar-refractivity contribution in [1.29, 1.82) is 0 Å². The van der Waals surface area contributed by atoms with E-state index < -0.39 is 0 Å². The molecule has 1 aliphatic rings. The fourth-order valence-corrected chi connectivity index (χ4v) is 2.39. The van der Waals surface area contributed by atoms with Crippen molar-refractivity contribution in [1.82, 2.24) is 0 Å². The van der Waals surface area contributed by atoms with Gasteiger partial charge in [0.05, 0.1) is 0 Å². The second kappa shape index (κ2) is 4.45. The van der Waals surface area contributed by atoms with E-state index in [0.717, 1.165) is 0 Å². The topological polar surface area (TPSA) is 0 Å². The van der Waals surface area contributed by atoms with Gasteiger partial charge in [-0.1, -0.05) is 54.1 Å². The van der Waals surface area contributed by atoms with Gasteiger partial charge in [-0.2, -0.15) is 0 Å². The number of allylic oxidation sites excluding steroid dienone is 1. The molecule has 2 aromatic carbocycles. The minimum atomic E-state index is 1.26. The summed E-state index contributed by atoms with van der Waals surface area (Å²) in [7, 11) is 0. The highest BCUT2D eigenvalue weighted by Gasteiger charge is 2.20. The molecule has 0 radical (unpaired) electrons. The van der Waals surface area contributed by atoms with Gasteiger partial charge in [-0.05, 0) is 54.5 Å². The van der Waals surface area contributed by atoms with Crippen molar-refractivity contribution in [3.05, 3.63) is 76.4 Å². The molecule has 18 heavy (non-hydrogen) atoms. The largest absolute Gasteiger partial charge is 0.0622 e. The highest BCUT2D eigenvalue weighted by Crippen LogP contribution is 2.40. The molecule has 1 saturated carbocycles. The van der Waals surface area contributed by atoms with Crippen molar-refractivity contribution in [3.63, 3.8) is 0 Å². The maximum Gasteiger partial charge on any atom is -0.0119 e. The van der Waals surface area contributed by atoms with E-state index in [9.17, 15) is 0 Å². The summed E-state index contributed by atoms with van der Waals surface area (Å²) in [6.07, 6.45) is 2.52. The maximum absolute atomic E-state index is 2.32. The first-order valence-electron chi connectivity index (χ1n) is 6.61. The second-order valence-electron chi connectivity index (χ2n) is 5.14. The molecule has 0 bridgehead atoms. The lowest BCUT2D eigenvalue weighted by atomic mass is 9.94. The van der Waals surface area contributed by atoms with E-state index in [1.165, 1.54) is 40.7 Å². The third kappa shape index (κ3) is 2.11. The van der Waals surface area contributed by atoms with Crippen LogP contribution in [-0.2, 0) is 0 Å². The Morgan fingerprint density at radius 2 is 1.50 bits per heavy atom. The SMILES string of the molecule is Cc1ccc(C(=C2CC2)c2ccccc2)cc1C. The normalized spacial score (nSPS) is 13.6. The van der Waals surface area contributed by atoms with Crippen LogP contribution in [0.1, 0.15) is 35.1 Å². The molecule has 0 unspecified atom stereocenters. The van der Waals surface area contributed by atoms with Crippen LogP contribution in [0.5, 0.6) is 0 Å². The van der Waals surface area contributed by atoms with Gasteiger partial charge in [-0.15, -0.1) is 0 Å². The van der Waals surface area contributed by atoms with Gasteiger partial charge < -0.3 is 0 Å². The molecule has 0 aromatic heterocycles. The molecule has 2 aromatic rings. The summed E-state index contributed by atoms with van der Waals surface area (Å²) in [6.45, 7) is 4.37. The molecule has 0 aliphatic heterocycles. The molecule has 90 valence electrons. The van der Waals surface area contributed by atoms with Crippen LogP contribution >= 0.6 is 0 Å². The summed E-state index contributed by atoms with van der Waals surface area (Å²) >= 11 is 0. The molecule has 0 saturated heterocycles. The summed E-state index contributed by atoms with van der Waals surface area (Å²) < 4.78 is 0. The molecule has 0 heteroatoms. The fraction of sp³-hybridized carbons (Fsp3) is 0.222. The van der Waals surface area contributed by atoms with Crippen LogP contribution in [0.3, 0.4) is 0 Å². The summed E-state index contributed by atoms with van der Waals surface area (Å²) in [6, 6.07) is 17.6. The number of hydrogen-bond donors (Lipinski definition) is 0. The van der Waals surface area contributed by atoms with Crippen molar-refractivity contribution in [3.8, 4) is 0 Å². The van der Waals surface area contributed by atoms with Crippen molar-refractivity contribution >= 4 is 5.57 Å². The van der Waals surface area contributed by atoms with Gasteiger partial charge in [0, 0.05) is 0 Å². The molecular formula is C18H18. The lowest BCUT2D eigenvalue weighted by Gasteiger charge is -2.10. The van der Waals surface area contributed by atoms with E-state index in [1.54, 1.807) is 5.57 Å². The minimum Gasteiger partial charge on any atom is -0.0622 e. The maximum atomic E-state index is 2.32. The first-order chi connectivity index (χ1) is 8.75. The Balaban J connectivity index is 2.12. The third-order valence-electron chi connectivity index (χ3n) is 3.71. The summed E-state index contributed by atoms with van der Waals surface area (Å²) in [5, 5.41) is 0. The Morgan fingerprint density at radius 1 is 0.778 bits per heavy atom. The van der Waals surface area contributed by atoms with E-state index in [0.29, 0.717) is 0 Å². The third-order valence-corrected chi connectivity index (χ3v) is 3.71. The molecule has 1 aliphatic carbocycles. The minimum absolute atomic E-state index is 1.26. The average molecular weight is 234 g/mol. The molecule has 0 heterocycles. The highest BCUT2D eigenvalue weighted by atomic mass is 14.2. The van der Waals surface area contributed by atoms with Crippen LogP contribution in [0, 0.1) is 13.8 Å². The molecule has 1 fully saturated rings. The number of aryl methyl sites for hydroxylation is 2. The zero-order chi connectivity index (χ0) is 12.5. The first-order valence-corrected chi connectivity index (χ1v) is 6.61. The number of hydrogen-bond acceptors (Lipinski definition) is 0. The molecule has 0 amide bonds. The van der Waals surface area contributed by atoms with Gasteiger partial charge in [-0.3, -0.25) is 0 Å². The number of benzene rings is 2. The summed E-state index contributed by atoms with van der Waals surface area (Å²) in [5.74, 6) is 0. The summed E-state index contributed by atoms with van der Waals surface area (Å²) in [5.41, 5.74) is 8.53. The van der Waals surface area contributed by atoms with Gasteiger partial charge in [0.1, 0.15) is 0 Å². The second-order valence-corrected chi connectivity index (χ2v) is 5.14. The summed E-state index contributed by atoms with van der Waals surface area (Å²) in [4.78, 5) is 0. The fourth-order valence-electron chi connectivity index (χ4n) is 2.39. The van der Waals surface area contributed by atoms with E-state index >= 15 is 0 Å². The Bertz CT molecular complexity index is 597. The molecular weight excluding hydrogens is 216 g/mol. The lowest BCUT2D eigenvalue weighted by molar-refractivity contribution is 1.33. The van der Waals surface area contributed by atoms with Crippen LogP contribution in [0.15, 0.2) is 54.1 Å². The van der Waals surface area contributed by atoms with Gasteiger partial charge in [0.2, 0.25) is 0 Å². The van der Waals surface area contributed by atoms with E-state index in [-0.39, 0.29) is 0 Å². The molecule has 0 nitrogen and oxygen atoms in total. The molecule has 3 rings (SSSR count). The van der Waals surface area contributed by atoms with Crippen molar-refractivity contribution < 1.29 is 0 Å². The average Bonchev–Trinajstić information content (AvgIpc) is 3.20. The van der Waals surface area contributed by atoms with Gasteiger partial charge >= 0.3 is 0 Å². The zero-order valence-electron chi connectivity index (χ0n) is 11.0. The van der Waals surface area contributed by atoms with Crippen LogP contribution in [-0.4, -0.2) is 0 Å². The van der Waals surface area contributed by atoms with Crippen molar-refractivity contribution in [2.75, 3.05) is 0 Å². The lowest BCUT2D eigenvalue weighted by Crippen LogP contribution is -1.90. The van der Waals surface area contributed by atoms with E-state index in [2.05, 4.69) is 62.4 Å². The Morgan fingerprint density at radius 3 is 2.11 bits per heavy atom. The van der Waals surface area contributed by atoms with Crippen LogP contribution < -0.4 is 0 Å². The molecule has 0 atom stereocenters. The predicted molar refractivity (Wildman–Crippen MR) is 77.6 cm³/mol. The quantitative estimate of drug-likeness (QED) is 0.693. The zero-order valence-corrected chi connectivity index (χ0v) is 11.0. The smallest absolute Gasteiger partial charge is 0.0119 e. The molecule has 0 spiro atoms. The van der Waals surface area contributed by atoms with Gasteiger partial charge in [0.25, 0.3) is 0 Å². The Labute approximate surface area is 109 Å². The van der Waals surface area contributed by atoms with Crippen LogP contribution in [0.4, 0.5) is 0 Å². The van der Waals surface area contributed by atoms with Gasteiger partial charge in [-0.25, -0.2) is 0 Å². The van der Waals surface area contributed by atoms with E-state index in [4.69, 9.17) is 0 Å². The number of rotatable bonds is 2. The first kappa shape index (κ1) is 11.3. The monoisotopic (exact) mass is 234 g/mol. The van der Waals surface area contributed by atoms with Crippen molar-refractivity contribution in [2.24, 2.45) is 0 Å². The van der Waals surface area contributed by atoms with Crippen molar-refractivity contribution in [2.45, 2.75) is 26.7 Å². The Kier molecular flexibility index (Phi) is 2.79. The van der Waals surface area contributed by atoms with E-state index in [1.807, 2.05) is 0 Å². The molecule has 0 N–H and O–H groups in total. The van der Waals surface area contributed by atoms with Crippen LogP contribution in [0.25, 0.3) is 5.57 Å². The standard InChI is InChI=1S/C18H18/c1-13-8-9-17(12-14(13)2)18(16-10-11-16)15-6-4-3-5-7-15/h3-9,12H,10-11H2,1-2H3. The highest BCUT2D eigenvalue weighted by molar-refractivity contribution is 5.84.